The summed E-state index contributed by atoms with van der Waals surface area (Å²) in [5, 5.41) is 3.58. The lowest BCUT2D eigenvalue weighted by molar-refractivity contribution is 0.558. The molecule has 0 aliphatic carbocycles. The van der Waals surface area contributed by atoms with Crippen molar-refractivity contribution in [2.24, 2.45) is 0 Å². The monoisotopic (exact) mass is 193 g/mol. The summed E-state index contributed by atoms with van der Waals surface area (Å²) in [6.45, 7) is 1.02. The predicted molar refractivity (Wildman–Crippen MR) is 59.0 cm³/mol. The summed E-state index contributed by atoms with van der Waals surface area (Å²) in [4.78, 5) is 0. The van der Waals surface area contributed by atoms with Gasteiger partial charge >= 0.3 is 0 Å². The van der Waals surface area contributed by atoms with Crippen molar-refractivity contribution in [1.82, 2.24) is 5.32 Å². The van der Waals surface area contributed by atoms with E-state index in [1.165, 1.54) is 23.5 Å². The Morgan fingerprint density at radius 1 is 1.31 bits per heavy atom. The molecular weight excluding hydrogens is 178 g/mol. The zero-order chi connectivity index (χ0) is 8.93. The lowest BCUT2D eigenvalue weighted by atomic mass is 10.2. The van der Waals surface area contributed by atoms with Crippen LogP contribution in [0.1, 0.15) is 12.0 Å². The Labute approximate surface area is 83.9 Å². The molecule has 1 aromatic rings. The summed E-state index contributed by atoms with van der Waals surface area (Å²) in [6, 6.07) is 11.4. The van der Waals surface area contributed by atoms with Gasteiger partial charge in [0.2, 0.25) is 0 Å². The summed E-state index contributed by atoms with van der Waals surface area (Å²) < 4.78 is 0. The van der Waals surface area contributed by atoms with Crippen molar-refractivity contribution < 1.29 is 0 Å². The van der Waals surface area contributed by atoms with Crippen LogP contribution in [0, 0.1) is 0 Å². The molecule has 1 fully saturated rings. The van der Waals surface area contributed by atoms with E-state index in [1.807, 2.05) is 0 Å². The average molecular weight is 193 g/mol. The maximum Gasteiger partial charge on any atom is 0.0208 e. The van der Waals surface area contributed by atoms with Crippen molar-refractivity contribution in [3.05, 3.63) is 35.9 Å². The molecule has 1 heterocycles. The second-order valence-corrected chi connectivity index (χ2v) is 4.58. The first kappa shape index (κ1) is 9.10. The van der Waals surface area contributed by atoms with E-state index in [0.717, 1.165) is 12.6 Å². The predicted octanol–water partition coefficient (Wildman–Crippen LogP) is 2.28. The van der Waals surface area contributed by atoms with Gasteiger partial charge in [0.1, 0.15) is 0 Å². The zero-order valence-corrected chi connectivity index (χ0v) is 8.52. The van der Waals surface area contributed by atoms with Crippen LogP contribution >= 0.6 is 11.8 Å². The topological polar surface area (TPSA) is 12.0 Å². The third-order valence-corrected chi connectivity index (χ3v) is 3.53. The minimum Gasteiger partial charge on any atom is -0.309 e. The number of nitrogens with one attached hydrogen (secondary N) is 1. The van der Waals surface area contributed by atoms with Crippen LogP contribution in [0.15, 0.2) is 30.3 Å². The van der Waals surface area contributed by atoms with Crippen molar-refractivity contribution in [3.63, 3.8) is 0 Å². The summed E-state index contributed by atoms with van der Waals surface area (Å²) >= 11 is 2.05. The van der Waals surface area contributed by atoms with Crippen LogP contribution in [0.2, 0.25) is 0 Å². The Balaban J connectivity index is 1.79. The van der Waals surface area contributed by atoms with Gasteiger partial charge in [-0.3, -0.25) is 0 Å². The largest absolute Gasteiger partial charge is 0.309 e. The second kappa shape index (κ2) is 4.68. The molecule has 0 radical (unpaired) electrons. The highest BCUT2D eigenvalue weighted by atomic mass is 32.2. The molecule has 13 heavy (non-hydrogen) atoms. The molecule has 1 N–H and O–H groups in total. The lowest BCUT2D eigenvalue weighted by Gasteiger charge is -2.10. The minimum absolute atomic E-state index is 0.741. The van der Waals surface area contributed by atoms with E-state index in [-0.39, 0.29) is 0 Å². The Morgan fingerprint density at radius 2 is 2.15 bits per heavy atom. The van der Waals surface area contributed by atoms with Gasteiger partial charge in [-0.15, -0.1) is 0 Å². The Kier molecular flexibility index (Phi) is 3.27. The van der Waals surface area contributed by atoms with Crippen LogP contribution in [0.3, 0.4) is 0 Å². The molecule has 1 atom stereocenters. The van der Waals surface area contributed by atoms with Gasteiger partial charge in [-0.25, -0.2) is 0 Å². The number of hydrogen-bond acceptors (Lipinski definition) is 2. The molecule has 1 aromatic carbocycles. The highest BCUT2D eigenvalue weighted by molar-refractivity contribution is 7.99. The summed E-state index contributed by atoms with van der Waals surface area (Å²) in [7, 11) is 0. The first-order valence-electron chi connectivity index (χ1n) is 4.80. The Bertz CT molecular complexity index is 242. The van der Waals surface area contributed by atoms with Gasteiger partial charge in [-0.2, -0.15) is 11.8 Å². The summed E-state index contributed by atoms with van der Waals surface area (Å²) in [5.41, 5.74) is 1.39. The van der Waals surface area contributed by atoms with Crippen molar-refractivity contribution in [1.29, 1.82) is 0 Å². The molecule has 0 amide bonds. The van der Waals surface area contributed by atoms with Crippen molar-refractivity contribution in [2.75, 3.05) is 11.5 Å². The van der Waals surface area contributed by atoms with Crippen LogP contribution < -0.4 is 5.32 Å². The highest BCUT2D eigenvalue weighted by Gasteiger charge is 2.13. The molecule has 2 rings (SSSR count). The normalized spacial score (nSPS) is 22.0. The smallest absolute Gasteiger partial charge is 0.0208 e. The van der Waals surface area contributed by atoms with Crippen LogP contribution in [0.4, 0.5) is 0 Å². The zero-order valence-electron chi connectivity index (χ0n) is 7.70. The fraction of sp³-hybridized carbons (Fsp3) is 0.455. The molecule has 0 spiro atoms. The van der Waals surface area contributed by atoms with E-state index < -0.39 is 0 Å². The van der Waals surface area contributed by atoms with E-state index >= 15 is 0 Å². The van der Waals surface area contributed by atoms with Gasteiger partial charge in [0.25, 0.3) is 0 Å². The van der Waals surface area contributed by atoms with E-state index in [1.54, 1.807) is 0 Å². The quantitative estimate of drug-likeness (QED) is 0.790. The maximum absolute atomic E-state index is 3.58. The van der Waals surface area contributed by atoms with Crippen molar-refractivity contribution >= 4 is 11.8 Å². The third kappa shape index (κ3) is 2.75. The summed E-state index contributed by atoms with van der Waals surface area (Å²) in [5.74, 6) is 2.61. The summed E-state index contributed by atoms with van der Waals surface area (Å²) in [6.07, 6.45) is 1.33. The number of thioether (sulfide) groups is 1. The molecule has 1 aliphatic rings. The molecule has 1 saturated heterocycles. The molecule has 2 heteroatoms. The molecule has 70 valence electrons. The fourth-order valence-electron chi connectivity index (χ4n) is 1.55. The molecule has 0 aromatic heterocycles. The molecule has 0 bridgehead atoms. The van der Waals surface area contributed by atoms with Crippen LogP contribution in [0.25, 0.3) is 0 Å². The van der Waals surface area contributed by atoms with Crippen LogP contribution in [0.5, 0.6) is 0 Å². The Morgan fingerprint density at radius 3 is 2.85 bits per heavy atom. The minimum atomic E-state index is 0.741. The SMILES string of the molecule is c1ccc(CNC2CCSC2)cc1. The van der Waals surface area contributed by atoms with Crippen molar-refractivity contribution in [2.45, 2.75) is 19.0 Å². The number of hydrogen-bond donors (Lipinski definition) is 1. The first-order valence-corrected chi connectivity index (χ1v) is 5.96. The van der Waals surface area contributed by atoms with Gasteiger partial charge in [0.15, 0.2) is 0 Å². The Hall–Kier alpha value is -0.470. The van der Waals surface area contributed by atoms with Gasteiger partial charge < -0.3 is 5.32 Å². The number of rotatable bonds is 3. The second-order valence-electron chi connectivity index (χ2n) is 3.43. The molecule has 0 saturated carbocycles. The van der Waals surface area contributed by atoms with E-state index in [2.05, 4.69) is 47.4 Å². The highest BCUT2D eigenvalue weighted by Crippen LogP contribution is 2.17. The lowest BCUT2D eigenvalue weighted by Crippen LogP contribution is -2.27. The fourth-order valence-corrected chi connectivity index (χ4v) is 2.74. The molecule has 1 unspecified atom stereocenters. The average Bonchev–Trinajstić information content (AvgIpc) is 2.69. The third-order valence-electron chi connectivity index (χ3n) is 2.37. The van der Waals surface area contributed by atoms with Gasteiger partial charge in [-0.05, 0) is 17.7 Å². The van der Waals surface area contributed by atoms with Gasteiger partial charge in [-0.1, -0.05) is 30.3 Å². The molecular formula is C11H15NS. The van der Waals surface area contributed by atoms with E-state index in [4.69, 9.17) is 0 Å². The maximum atomic E-state index is 3.58. The van der Waals surface area contributed by atoms with Gasteiger partial charge in [0.05, 0.1) is 0 Å². The van der Waals surface area contributed by atoms with E-state index in [0.29, 0.717) is 0 Å². The van der Waals surface area contributed by atoms with Crippen LogP contribution in [-0.2, 0) is 6.54 Å². The van der Waals surface area contributed by atoms with Crippen LogP contribution in [-0.4, -0.2) is 17.5 Å². The standard InChI is InChI=1S/C11H15NS/c1-2-4-10(5-3-1)8-12-11-6-7-13-9-11/h1-5,11-12H,6-9H2. The van der Waals surface area contributed by atoms with Gasteiger partial charge in [0, 0.05) is 18.3 Å². The first-order chi connectivity index (χ1) is 6.45. The molecule has 1 nitrogen and oxygen atoms in total. The molecule has 1 aliphatic heterocycles. The van der Waals surface area contributed by atoms with Crippen molar-refractivity contribution in [3.8, 4) is 0 Å². The number of benzene rings is 1. The van der Waals surface area contributed by atoms with E-state index in [9.17, 15) is 0 Å².